The van der Waals surface area contributed by atoms with Crippen molar-refractivity contribution in [3.8, 4) is 0 Å². The number of sulfonamides is 1. The van der Waals surface area contributed by atoms with E-state index in [4.69, 9.17) is 9.15 Å². The maximum absolute atomic E-state index is 13.3. The third kappa shape index (κ3) is 7.15. The van der Waals surface area contributed by atoms with Gasteiger partial charge in [0.1, 0.15) is 11.6 Å². The second kappa shape index (κ2) is 11.6. The summed E-state index contributed by atoms with van der Waals surface area (Å²) in [6, 6.07) is 9.38. The molecule has 0 bridgehead atoms. The molecule has 0 aliphatic carbocycles. The summed E-state index contributed by atoms with van der Waals surface area (Å²) in [5, 5.41) is 0. The van der Waals surface area contributed by atoms with Crippen LogP contribution in [-0.4, -0.2) is 55.1 Å². The lowest BCUT2D eigenvalue weighted by molar-refractivity contribution is -0.133. The fourth-order valence-corrected chi connectivity index (χ4v) is 5.24. The first-order chi connectivity index (χ1) is 15.4. The molecule has 1 fully saturated rings. The highest BCUT2D eigenvalue weighted by Crippen LogP contribution is 2.18. The second-order valence-corrected chi connectivity index (χ2v) is 10.1. The highest BCUT2D eigenvalue weighted by atomic mass is 32.2. The zero-order valence-corrected chi connectivity index (χ0v) is 19.2. The number of furan rings is 1. The summed E-state index contributed by atoms with van der Waals surface area (Å²) in [4.78, 5) is 14.8. The number of ether oxygens (including phenoxy) is 1. The Bertz CT molecular complexity index is 941. The van der Waals surface area contributed by atoms with Gasteiger partial charge in [-0.05, 0) is 49.1 Å². The number of carbonyl (C=O) groups is 1. The summed E-state index contributed by atoms with van der Waals surface area (Å²) in [5.41, 5.74) is 0.742. The first kappa shape index (κ1) is 24.4. The van der Waals surface area contributed by atoms with Crippen molar-refractivity contribution in [2.75, 3.05) is 25.4 Å². The predicted molar refractivity (Wildman–Crippen MR) is 119 cm³/mol. The lowest BCUT2D eigenvalue weighted by Gasteiger charge is -2.28. The monoisotopic (exact) mass is 466 g/mol. The predicted octanol–water partition coefficient (Wildman–Crippen LogP) is 3.56. The van der Waals surface area contributed by atoms with E-state index in [-0.39, 0.29) is 49.8 Å². The average molecular weight is 467 g/mol. The highest BCUT2D eigenvalue weighted by molar-refractivity contribution is 7.89. The lowest BCUT2D eigenvalue weighted by atomic mass is 10.2. The van der Waals surface area contributed by atoms with E-state index in [2.05, 4.69) is 0 Å². The molecule has 1 unspecified atom stereocenters. The van der Waals surface area contributed by atoms with Crippen LogP contribution in [0.2, 0.25) is 0 Å². The molecule has 1 aromatic carbocycles. The molecule has 1 atom stereocenters. The van der Waals surface area contributed by atoms with Crippen LogP contribution in [0.5, 0.6) is 0 Å². The molecule has 1 amide bonds. The van der Waals surface area contributed by atoms with Gasteiger partial charge in [-0.3, -0.25) is 4.79 Å². The Balaban J connectivity index is 1.78. The lowest BCUT2D eigenvalue weighted by Crippen LogP contribution is -2.46. The van der Waals surface area contributed by atoms with Crippen molar-refractivity contribution in [1.82, 2.24) is 9.21 Å². The topological polar surface area (TPSA) is 80.1 Å². The Morgan fingerprint density at radius 3 is 2.59 bits per heavy atom. The van der Waals surface area contributed by atoms with Crippen LogP contribution in [0.25, 0.3) is 0 Å². The Labute approximate surface area is 189 Å². The maximum Gasteiger partial charge on any atom is 0.238 e. The Hall–Kier alpha value is -2.23. The largest absolute Gasteiger partial charge is 0.467 e. The summed E-state index contributed by atoms with van der Waals surface area (Å²) >= 11 is 0. The van der Waals surface area contributed by atoms with Gasteiger partial charge in [-0.25, -0.2) is 12.8 Å². The van der Waals surface area contributed by atoms with Crippen molar-refractivity contribution in [1.29, 1.82) is 0 Å². The van der Waals surface area contributed by atoms with Crippen molar-refractivity contribution in [3.63, 3.8) is 0 Å². The molecule has 1 aliphatic heterocycles. The van der Waals surface area contributed by atoms with Gasteiger partial charge in [0.15, 0.2) is 0 Å². The molecule has 1 aliphatic rings. The van der Waals surface area contributed by atoms with Gasteiger partial charge in [0.2, 0.25) is 15.9 Å². The van der Waals surface area contributed by atoms with E-state index in [0.29, 0.717) is 18.8 Å². The van der Waals surface area contributed by atoms with E-state index < -0.39 is 10.0 Å². The number of benzene rings is 1. The van der Waals surface area contributed by atoms with Gasteiger partial charge in [0, 0.05) is 19.7 Å². The minimum absolute atomic E-state index is 0.000351. The van der Waals surface area contributed by atoms with Crippen LogP contribution in [0.15, 0.2) is 47.1 Å². The van der Waals surface area contributed by atoms with Gasteiger partial charge >= 0.3 is 0 Å². The van der Waals surface area contributed by atoms with Crippen LogP contribution < -0.4 is 0 Å². The molecule has 176 valence electrons. The third-order valence-electron chi connectivity index (χ3n) is 5.46. The molecule has 1 saturated heterocycles. The molecule has 7 nitrogen and oxygen atoms in total. The van der Waals surface area contributed by atoms with E-state index in [9.17, 15) is 17.6 Å². The van der Waals surface area contributed by atoms with Gasteiger partial charge in [-0.2, -0.15) is 4.31 Å². The molecular weight excluding hydrogens is 435 g/mol. The number of unbranched alkanes of at least 4 members (excludes halogenated alkanes) is 1. The van der Waals surface area contributed by atoms with Crippen molar-refractivity contribution >= 4 is 15.9 Å². The zero-order valence-electron chi connectivity index (χ0n) is 18.4. The Kier molecular flexibility index (Phi) is 8.84. The summed E-state index contributed by atoms with van der Waals surface area (Å²) in [6.45, 7) is 2.83. The molecule has 2 heterocycles. The molecule has 1 aromatic heterocycles. The molecule has 0 radical (unpaired) electrons. The van der Waals surface area contributed by atoms with Gasteiger partial charge in [0.05, 0.1) is 31.2 Å². The van der Waals surface area contributed by atoms with Gasteiger partial charge in [-0.15, -0.1) is 0 Å². The van der Waals surface area contributed by atoms with Gasteiger partial charge < -0.3 is 14.1 Å². The van der Waals surface area contributed by atoms with Crippen LogP contribution in [0.1, 0.15) is 43.9 Å². The van der Waals surface area contributed by atoms with Crippen LogP contribution in [0, 0.1) is 5.82 Å². The SMILES string of the molecule is CCCCS(=O)(=O)N(CC(=O)N(Cc1ccc(F)cc1)Cc1ccco1)CC1CCCO1. The van der Waals surface area contributed by atoms with E-state index in [1.807, 2.05) is 6.92 Å². The highest BCUT2D eigenvalue weighted by Gasteiger charge is 2.30. The number of hydrogen-bond donors (Lipinski definition) is 0. The van der Waals surface area contributed by atoms with Crippen molar-refractivity contribution in [2.24, 2.45) is 0 Å². The molecule has 0 saturated carbocycles. The quantitative estimate of drug-likeness (QED) is 0.478. The van der Waals surface area contributed by atoms with E-state index >= 15 is 0 Å². The van der Waals surface area contributed by atoms with Crippen molar-refractivity contribution in [3.05, 3.63) is 59.8 Å². The molecule has 9 heteroatoms. The Morgan fingerprint density at radius 2 is 1.97 bits per heavy atom. The average Bonchev–Trinajstić information content (AvgIpc) is 3.47. The third-order valence-corrected chi connectivity index (χ3v) is 7.33. The smallest absolute Gasteiger partial charge is 0.238 e. The number of hydrogen-bond acceptors (Lipinski definition) is 5. The second-order valence-electron chi connectivity index (χ2n) is 8.05. The van der Waals surface area contributed by atoms with Gasteiger partial charge in [0.25, 0.3) is 0 Å². The van der Waals surface area contributed by atoms with Gasteiger partial charge in [-0.1, -0.05) is 25.5 Å². The Morgan fingerprint density at radius 1 is 1.19 bits per heavy atom. The van der Waals surface area contributed by atoms with Crippen LogP contribution in [-0.2, 0) is 32.6 Å². The van der Waals surface area contributed by atoms with E-state index in [1.54, 1.807) is 24.3 Å². The minimum Gasteiger partial charge on any atom is -0.467 e. The fraction of sp³-hybridized carbons (Fsp3) is 0.522. The summed E-state index contributed by atoms with van der Waals surface area (Å²) in [5.74, 6) is -0.120. The number of rotatable bonds is 12. The summed E-state index contributed by atoms with van der Waals surface area (Å²) < 4.78 is 51.6. The van der Waals surface area contributed by atoms with E-state index in [1.165, 1.54) is 27.6 Å². The number of carbonyl (C=O) groups excluding carboxylic acids is 1. The molecule has 3 rings (SSSR count). The van der Waals surface area contributed by atoms with Crippen molar-refractivity contribution in [2.45, 2.75) is 51.8 Å². The first-order valence-corrected chi connectivity index (χ1v) is 12.6. The minimum atomic E-state index is -3.61. The molecular formula is C23H31FN2O5S. The first-order valence-electron chi connectivity index (χ1n) is 11.0. The molecule has 2 aromatic rings. The molecule has 32 heavy (non-hydrogen) atoms. The number of amides is 1. The standard InChI is InChI=1S/C23H31FN2O5S/c1-2-3-14-32(28,29)26(17-22-7-5-13-31-22)18-23(27)25(16-21-6-4-12-30-21)15-19-8-10-20(24)11-9-19/h4,6,8-12,22H,2-3,5,7,13-18H2,1H3. The van der Waals surface area contributed by atoms with E-state index in [0.717, 1.165) is 24.8 Å². The zero-order chi connectivity index (χ0) is 23.0. The van der Waals surface area contributed by atoms with Crippen LogP contribution in [0.3, 0.4) is 0 Å². The number of nitrogens with zero attached hydrogens (tertiary/aromatic N) is 2. The normalized spacial score (nSPS) is 16.5. The van der Waals surface area contributed by atoms with Crippen LogP contribution >= 0.6 is 0 Å². The van der Waals surface area contributed by atoms with Crippen LogP contribution in [0.4, 0.5) is 4.39 Å². The van der Waals surface area contributed by atoms with Crippen molar-refractivity contribution < 1.29 is 26.8 Å². The molecule has 0 N–H and O–H groups in total. The number of halogens is 1. The maximum atomic E-state index is 13.3. The molecule has 0 spiro atoms. The summed E-state index contributed by atoms with van der Waals surface area (Å²) in [7, 11) is -3.61. The summed E-state index contributed by atoms with van der Waals surface area (Å²) in [6.07, 6.45) is 4.26. The fourth-order valence-electron chi connectivity index (χ4n) is 3.63.